The van der Waals surface area contributed by atoms with E-state index in [1.54, 1.807) is 17.5 Å². The SMILES string of the molecule is CCC(Nc1nc(C)c(C)nc1Cl)c1nccs1. The highest BCUT2D eigenvalue weighted by Gasteiger charge is 2.15. The zero-order chi connectivity index (χ0) is 13.1. The van der Waals surface area contributed by atoms with Crippen molar-refractivity contribution in [2.75, 3.05) is 5.32 Å². The molecule has 0 fully saturated rings. The van der Waals surface area contributed by atoms with E-state index in [1.165, 1.54) is 0 Å². The summed E-state index contributed by atoms with van der Waals surface area (Å²) in [5, 5.41) is 6.72. The van der Waals surface area contributed by atoms with Gasteiger partial charge in [-0.2, -0.15) is 0 Å². The third-order valence-electron chi connectivity index (χ3n) is 2.73. The number of anilines is 1. The summed E-state index contributed by atoms with van der Waals surface area (Å²) in [5.74, 6) is 0.627. The van der Waals surface area contributed by atoms with E-state index in [0.29, 0.717) is 11.0 Å². The highest BCUT2D eigenvalue weighted by Crippen LogP contribution is 2.27. The molecule has 0 saturated heterocycles. The summed E-state index contributed by atoms with van der Waals surface area (Å²) in [5.41, 5.74) is 1.74. The molecule has 1 atom stereocenters. The Balaban J connectivity index is 2.25. The molecule has 2 aromatic rings. The van der Waals surface area contributed by atoms with E-state index < -0.39 is 0 Å². The monoisotopic (exact) mass is 282 g/mol. The number of aromatic nitrogens is 3. The maximum absolute atomic E-state index is 6.11. The fourth-order valence-corrected chi connectivity index (χ4v) is 2.57. The van der Waals surface area contributed by atoms with Crippen LogP contribution in [0.15, 0.2) is 11.6 Å². The van der Waals surface area contributed by atoms with E-state index in [0.717, 1.165) is 22.8 Å². The smallest absolute Gasteiger partial charge is 0.171 e. The second-order valence-electron chi connectivity index (χ2n) is 4.01. The summed E-state index contributed by atoms with van der Waals surface area (Å²) in [6.45, 7) is 5.92. The van der Waals surface area contributed by atoms with Gasteiger partial charge in [-0.15, -0.1) is 11.3 Å². The van der Waals surface area contributed by atoms with E-state index in [1.807, 2.05) is 19.2 Å². The van der Waals surface area contributed by atoms with Crippen LogP contribution in [0.4, 0.5) is 5.82 Å². The van der Waals surface area contributed by atoms with Gasteiger partial charge in [0.25, 0.3) is 0 Å². The van der Waals surface area contributed by atoms with E-state index in [4.69, 9.17) is 11.6 Å². The van der Waals surface area contributed by atoms with Crippen LogP contribution in [-0.4, -0.2) is 15.0 Å². The van der Waals surface area contributed by atoms with Crippen LogP contribution in [0.25, 0.3) is 0 Å². The van der Waals surface area contributed by atoms with Crippen LogP contribution in [-0.2, 0) is 0 Å². The molecule has 2 rings (SSSR count). The van der Waals surface area contributed by atoms with Crippen molar-refractivity contribution >= 4 is 28.8 Å². The molecule has 0 radical (unpaired) electrons. The highest BCUT2D eigenvalue weighted by molar-refractivity contribution is 7.09. The maximum atomic E-state index is 6.11. The molecule has 0 saturated carbocycles. The van der Waals surface area contributed by atoms with Crippen LogP contribution in [0.5, 0.6) is 0 Å². The van der Waals surface area contributed by atoms with E-state index in [2.05, 4.69) is 27.2 Å². The van der Waals surface area contributed by atoms with Gasteiger partial charge in [0.2, 0.25) is 0 Å². The van der Waals surface area contributed by atoms with Crippen LogP contribution in [0.2, 0.25) is 5.15 Å². The van der Waals surface area contributed by atoms with Gasteiger partial charge in [-0.05, 0) is 20.3 Å². The number of hydrogen-bond donors (Lipinski definition) is 1. The normalized spacial score (nSPS) is 12.4. The molecular weight excluding hydrogens is 268 g/mol. The van der Waals surface area contributed by atoms with Crippen LogP contribution < -0.4 is 5.32 Å². The zero-order valence-electron chi connectivity index (χ0n) is 10.6. The molecule has 0 aromatic carbocycles. The average molecular weight is 283 g/mol. The number of rotatable bonds is 4. The summed E-state index contributed by atoms with van der Waals surface area (Å²) in [6.07, 6.45) is 2.72. The molecule has 18 heavy (non-hydrogen) atoms. The number of nitrogens with one attached hydrogen (secondary N) is 1. The summed E-state index contributed by atoms with van der Waals surface area (Å²) in [7, 11) is 0. The Hall–Kier alpha value is -1.20. The fraction of sp³-hybridized carbons (Fsp3) is 0.417. The molecule has 6 heteroatoms. The largest absolute Gasteiger partial charge is 0.358 e. The van der Waals surface area contributed by atoms with Crippen molar-refractivity contribution in [3.05, 3.63) is 33.1 Å². The van der Waals surface area contributed by atoms with Crippen molar-refractivity contribution in [3.63, 3.8) is 0 Å². The molecule has 4 nitrogen and oxygen atoms in total. The third-order valence-corrected chi connectivity index (χ3v) is 3.89. The Morgan fingerprint density at radius 1 is 1.33 bits per heavy atom. The van der Waals surface area contributed by atoms with Gasteiger partial charge in [-0.3, -0.25) is 0 Å². The predicted molar refractivity (Wildman–Crippen MR) is 75.3 cm³/mol. The molecule has 0 aliphatic rings. The van der Waals surface area contributed by atoms with E-state index >= 15 is 0 Å². The summed E-state index contributed by atoms with van der Waals surface area (Å²) >= 11 is 7.73. The van der Waals surface area contributed by atoms with Gasteiger partial charge in [0, 0.05) is 11.6 Å². The average Bonchev–Trinajstić information content (AvgIpc) is 2.85. The summed E-state index contributed by atoms with van der Waals surface area (Å²) in [4.78, 5) is 13.0. The van der Waals surface area contributed by atoms with Crippen molar-refractivity contribution in [1.29, 1.82) is 0 Å². The maximum Gasteiger partial charge on any atom is 0.171 e. The van der Waals surface area contributed by atoms with Gasteiger partial charge >= 0.3 is 0 Å². The molecule has 0 spiro atoms. The van der Waals surface area contributed by atoms with Gasteiger partial charge in [0.05, 0.1) is 17.4 Å². The molecule has 96 valence electrons. The van der Waals surface area contributed by atoms with E-state index in [-0.39, 0.29) is 6.04 Å². The third kappa shape index (κ3) is 2.79. The van der Waals surface area contributed by atoms with Crippen molar-refractivity contribution in [3.8, 4) is 0 Å². The molecular formula is C12H15ClN4S. The van der Waals surface area contributed by atoms with Crippen LogP contribution in [0.1, 0.15) is 35.8 Å². The topological polar surface area (TPSA) is 50.7 Å². The molecule has 0 aliphatic heterocycles. The Labute approximate surface area is 115 Å². The first-order chi connectivity index (χ1) is 8.61. The highest BCUT2D eigenvalue weighted by atomic mass is 35.5. The van der Waals surface area contributed by atoms with Crippen LogP contribution >= 0.6 is 22.9 Å². The molecule has 2 aromatic heterocycles. The molecule has 2 heterocycles. The minimum Gasteiger partial charge on any atom is -0.358 e. The quantitative estimate of drug-likeness (QED) is 0.927. The Kier molecular flexibility index (Phi) is 4.14. The summed E-state index contributed by atoms with van der Waals surface area (Å²) < 4.78 is 0. The molecule has 1 unspecified atom stereocenters. The van der Waals surface area contributed by atoms with Gasteiger partial charge in [0.1, 0.15) is 5.01 Å². The lowest BCUT2D eigenvalue weighted by Gasteiger charge is -2.16. The van der Waals surface area contributed by atoms with Gasteiger partial charge in [-0.25, -0.2) is 15.0 Å². The van der Waals surface area contributed by atoms with E-state index in [9.17, 15) is 0 Å². The number of hydrogen-bond acceptors (Lipinski definition) is 5. The first-order valence-electron chi connectivity index (χ1n) is 5.78. The number of nitrogens with zero attached hydrogens (tertiary/aromatic N) is 3. The van der Waals surface area contributed by atoms with Gasteiger partial charge in [0.15, 0.2) is 11.0 Å². The second kappa shape index (κ2) is 5.63. The molecule has 1 N–H and O–H groups in total. The lowest BCUT2D eigenvalue weighted by Crippen LogP contribution is -2.12. The predicted octanol–water partition coefficient (Wildman–Crippen LogP) is 3.77. The lowest BCUT2D eigenvalue weighted by molar-refractivity contribution is 0.735. The van der Waals surface area contributed by atoms with Crippen molar-refractivity contribution in [2.24, 2.45) is 0 Å². The minimum atomic E-state index is 0.124. The molecule has 0 bridgehead atoms. The first-order valence-corrected chi connectivity index (χ1v) is 7.04. The molecule has 0 amide bonds. The Morgan fingerprint density at radius 2 is 2.06 bits per heavy atom. The van der Waals surface area contributed by atoms with Gasteiger partial charge in [-0.1, -0.05) is 18.5 Å². The number of halogens is 1. The number of thiazole rings is 1. The second-order valence-corrected chi connectivity index (χ2v) is 5.29. The Bertz CT molecular complexity index is 527. The summed E-state index contributed by atoms with van der Waals surface area (Å²) in [6, 6.07) is 0.124. The van der Waals surface area contributed by atoms with Gasteiger partial charge < -0.3 is 5.32 Å². The Morgan fingerprint density at radius 3 is 2.67 bits per heavy atom. The molecule has 0 aliphatic carbocycles. The first kappa shape index (κ1) is 13.2. The van der Waals surface area contributed by atoms with Crippen molar-refractivity contribution in [1.82, 2.24) is 15.0 Å². The fourth-order valence-electron chi connectivity index (χ4n) is 1.58. The zero-order valence-corrected chi connectivity index (χ0v) is 12.1. The lowest BCUT2D eigenvalue weighted by atomic mass is 10.2. The standard InChI is InChI=1S/C12H15ClN4S/c1-4-9(12-14-5-6-18-12)17-11-10(13)15-7(2)8(3)16-11/h5-6,9H,4H2,1-3H3,(H,16,17). The minimum absolute atomic E-state index is 0.124. The van der Waals surface area contributed by atoms with Crippen LogP contribution in [0.3, 0.4) is 0 Å². The van der Waals surface area contributed by atoms with Crippen LogP contribution in [0, 0.1) is 13.8 Å². The van der Waals surface area contributed by atoms with Crippen molar-refractivity contribution in [2.45, 2.75) is 33.2 Å². The number of aryl methyl sites for hydroxylation is 2. The van der Waals surface area contributed by atoms with Crippen molar-refractivity contribution < 1.29 is 0 Å².